The summed E-state index contributed by atoms with van der Waals surface area (Å²) < 4.78 is 10.7. The van der Waals surface area contributed by atoms with E-state index in [1.54, 1.807) is 0 Å². The molecule has 0 aromatic carbocycles. The van der Waals surface area contributed by atoms with Gasteiger partial charge in [0, 0.05) is 13.1 Å². The number of ether oxygens (including phenoxy) is 2. The number of nitrogens with zero attached hydrogens (tertiary/aromatic N) is 2. The van der Waals surface area contributed by atoms with Gasteiger partial charge in [-0.1, -0.05) is 0 Å². The average Bonchev–Trinajstić information content (AvgIpc) is 2.08. The molecule has 4 heteroatoms. The average molecular weight is 204 g/mol. The lowest BCUT2D eigenvalue weighted by Crippen LogP contribution is -2.21. The van der Waals surface area contributed by atoms with Crippen LogP contribution in [-0.2, 0) is 9.47 Å². The second-order valence-corrected chi connectivity index (χ2v) is 3.83. The van der Waals surface area contributed by atoms with Gasteiger partial charge >= 0.3 is 0 Å². The van der Waals surface area contributed by atoms with Crippen LogP contribution in [-0.4, -0.2) is 77.5 Å². The molecule has 0 rings (SSSR count). The first kappa shape index (κ1) is 13.8. The Hall–Kier alpha value is -0.160. The fourth-order valence-electron chi connectivity index (χ4n) is 0.816. The van der Waals surface area contributed by atoms with Crippen molar-refractivity contribution in [1.29, 1.82) is 0 Å². The Bertz CT molecular complexity index is 105. The first-order valence-corrected chi connectivity index (χ1v) is 5.08. The smallest absolute Gasteiger partial charge is 0.0701 e. The molecule has 0 aliphatic rings. The second kappa shape index (κ2) is 9.40. The van der Waals surface area contributed by atoms with Crippen LogP contribution in [0.4, 0.5) is 0 Å². The number of hydrogen-bond donors (Lipinski definition) is 0. The van der Waals surface area contributed by atoms with Gasteiger partial charge in [0.1, 0.15) is 0 Å². The van der Waals surface area contributed by atoms with E-state index in [0.717, 1.165) is 26.3 Å². The molecule has 0 aliphatic carbocycles. The zero-order valence-electron chi connectivity index (χ0n) is 9.95. The van der Waals surface area contributed by atoms with E-state index in [4.69, 9.17) is 9.47 Å². The van der Waals surface area contributed by atoms with Gasteiger partial charge in [-0.15, -0.1) is 0 Å². The summed E-state index contributed by atoms with van der Waals surface area (Å²) in [6.45, 7) is 4.89. The molecule has 0 aromatic rings. The Balaban J connectivity index is 2.92. The predicted molar refractivity (Wildman–Crippen MR) is 58.7 cm³/mol. The first-order chi connectivity index (χ1) is 6.63. The maximum Gasteiger partial charge on any atom is 0.0701 e. The lowest BCUT2D eigenvalue weighted by Gasteiger charge is -2.11. The van der Waals surface area contributed by atoms with Crippen molar-refractivity contribution in [3.8, 4) is 0 Å². The first-order valence-electron chi connectivity index (χ1n) is 5.08. The van der Waals surface area contributed by atoms with Crippen LogP contribution in [0, 0.1) is 0 Å². The van der Waals surface area contributed by atoms with Crippen molar-refractivity contribution in [1.82, 2.24) is 9.80 Å². The van der Waals surface area contributed by atoms with Gasteiger partial charge in [-0.3, -0.25) is 0 Å². The van der Waals surface area contributed by atoms with Crippen LogP contribution in [0.25, 0.3) is 0 Å². The Morgan fingerprint density at radius 2 is 1.00 bits per heavy atom. The summed E-state index contributed by atoms with van der Waals surface area (Å²) in [4.78, 5) is 4.21. The van der Waals surface area contributed by atoms with E-state index in [1.165, 1.54) is 0 Å². The van der Waals surface area contributed by atoms with Crippen LogP contribution in [0.3, 0.4) is 0 Å². The molecule has 0 bridgehead atoms. The van der Waals surface area contributed by atoms with E-state index in [9.17, 15) is 0 Å². The summed E-state index contributed by atoms with van der Waals surface area (Å²) >= 11 is 0. The van der Waals surface area contributed by atoms with E-state index >= 15 is 0 Å². The highest BCUT2D eigenvalue weighted by Crippen LogP contribution is 1.82. The summed E-state index contributed by atoms with van der Waals surface area (Å²) in [5.41, 5.74) is 0. The minimum atomic E-state index is 0.696. The predicted octanol–water partition coefficient (Wildman–Crippen LogP) is 0.143. The fourth-order valence-corrected chi connectivity index (χ4v) is 0.816. The van der Waals surface area contributed by atoms with Gasteiger partial charge in [0.05, 0.1) is 26.4 Å². The van der Waals surface area contributed by atoms with Crippen LogP contribution in [0.1, 0.15) is 0 Å². The standard InChI is InChI=1S/C10H24N2O2/c1-11(2)5-7-13-9-10-14-8-6-12(3)4/h5-10H2,1-4H3. The Labute approximate surface area is 87.8 Å². The van der Waals surface area contributed by atoms with Gasteiger partial charge in [0.2, 0.25) is 0 Å². The molecule has 14 heavy (non-hydrogen) atoms. The second-order valence-electron chi connectivity index (χ2n) is 3.83. The van der Waals surface area contributed by atoms with Crippen molar-refractivity contribution < 1.29 is 9.47 Å². The van der Waals surface area contributed by atoms with Crippen LogP contribution in [0.5, 0.6) is 0 Å². The monoisotopic (exact) mass is 204 g/mol. The van der Waals surface area contributed by atoms with Gasteiger partial charge in [0.25, 0.3) is 0 Å². The highest BCUT2D eigenvalue weighted by atomic mass is 16.5. The van der Waals surface area contributed by atoms with Crippen molar-refractivity contribution in [2.45, 2.75) is 0 Å². The van der Waals surface area contributed by atoms with E-state index in [2.05, 4.69) is 9.80 Å². The number of hydrogen-bond acceptors (Lipinski definition) is 4. The summed E-state index contributed by atoms with van der Waals surface area (Å²) in [7, 11) is 8.15. The summed E-state index contributed by atoms with van der Waals surface area (Å²) in [6, 6.07) is 0. The molecule has 86 valence electrons. The minimum Gasteiger partial charge on any atom is -0.378 e. The van der Waals surface area contributed by atoms with E-state index in [1.807, 2.05) is 28.2 Å². The van der Waals surface area contributed by atoms with Gasteiger partial charge in [-0.2, -0.15) is 0 Å². The SMILES string of the molecule is CN(C)CCOCCOCCN(C)C. The van der Waals surface area contributed by atoms with E-state index < -0.39 is 0 Å². The molecular formula is C10H24N2O2. The molecular weight excluding hydrogens is 180 g/mol. The Kier molecular flexibility index (Phi) is 9.29. The third-order valence-electron chi connectivity index (χ3n) is 1.74. The molecule has 0 saturated carbocycles. The molecule has 0 heterocycles. The van der Waals surface area contributed by atoms with Gasteiger partial charge in [-0.05, 0) is 28.2 Å². The fraction of sp³-hybridized carbons (Fsp3) is 1.00. The zero-order valence-corrected chi connectivity index (χ0v) is 9.95. The van der Waals surface area contributed by atoms with Gasteiger partial charge < -0.3 is 19.3 Å². The highest BCUT2D eigenvalue weighted by molar-refractivity contribution is 4.42. The van der Waals surface area contributed by atoms with Crippen molar-refractivity contribution in [3.05, 3.63) is 0 Å². The molecule has 4 nitrogen and oxygen atoms in total. The van der Waals surface area contributed by atoms with E-state index in [-0.39, 0.29) is 0 Å². The maximum atomic E-state index is 5.37. The Morgan fingerprint density at radius 1 is 0.643 bits per heavy atom. The summed E-state index contributed by atoms with van der Waals surface area (Å²) in [5.74, 6) is 0. The van der Waals surface area contributed by atoms with Crippen molar-refractivity contribution in [2.24, 2.45) is 0 Å². The topological polar surface area (TPSA) is 24.9 Å². The molecule has 0 saturated heterocycles. The van der Waals surface area contributed by atoms with Crippen molar-refractivity contribution in [2.75, 3.05) is 67.7 Å². The molecule has 0 N–H and O–H groups in total. The summed E-state index contributed by atoms with van der Waals surface area (Å²) in [5, 5.41) is 0. The van der Waals surface area contributed by atoms with Crippen LogP contribution < -0.4 is 0 Å². The Morgan fingerprint density at radius 3 is 1.29 bits per heavy atom. The largest absolute Gasteiger partial charge is 0.378 e. The summed E-state index contributed by atoms with van der Waals surface area (Å²) in [6.07, 6.45) is 0. The normalized spacial score (nSPS) is 11.6. The third kappa shape index (κ3) is 11.8. The molecule has 0 unspecified atom stereocenters. The van der Waals surface area contributed by atoms with Crippen LogP contribution in [0.2, 0.25) is 0 Å². The van der Waals surface area contributed by atoms with Crippen LogP contribution in [0.15, 0.2) is 0 Å². The molecule has 0 fully saturated rings. The molecule has 0 aliphatic heterocycles. The zero-order chi connectivity index (χ0) is 10.8. The minimum absolute atomic E-state index is 0.696. The molecule has 0 radical (unpaired) electrons. The molecule has 0 amide bonds. The van der Waals surface area contributed by atoms with Gasteiger partial charge in [0.15, 0.2) is 0 Å². The van der Waals surface area contributed by atoms with Crippen LogP contribution >= 0.6 is 0 Å². The van der Waals surface area contributed by atoms with Crippen molar-refractivity contribution in [3.63, 3.8) is 0 Å². The lowest BCUT2D eigenvalue weighted by molar-refractivity contribution is 0.0382. The van der Waals surface area contributed by atoms with E-state index in [0.29, 0.717) is 13.2 Å². The number of rotatable bonds is 9. The quantitative estimate of drug-likeness (QED) is 0.499. The number of likely N-dealkylation sites (N-methyl/N-ethyl adjacent to an activating group) is 2. The molecule has 0 aromatic heterocycles. The highest BCUT2D eigenvalue weighted by Gasteiger charge is 1.92. The molecule has 0 spiro atoms. The third-order valence-corrected chi connectivity index (χ3v) is 1.74. The maximum absolute atomic E-state index is 5.37. The molecule has 0 atom stereocenters. The van der Waals surface area contributed by atoms with Gasteiger partial charge in [-0.25, -0.2) is 0 Å². The van der Waals surface area contributed by atoms with Crippen molar-refractivity contribution >= 4 is 0 Å². The lowest BCUT2D eigenvalue weighted by atomic mass is 10.6.